The van der Waals surface area contributed by atoms with E-state index in [2.05, 4.69) is 5.32 Å². The second-order valence-corrected chi connectivity index (χ2v) is 4.51. The standard InChI is InChI=1S/C16H17F2NO/c1-19-12(11-20-13-6-3-2-4-7-13)10-14-15(17)8-5-9-16(14)18/h2-9,12,19H,10-11H2,1H3. The number of nitrogens with one attached hydrogen (secondary N) is 1. The van der Waals surface area contributed by atoms with Gasteiger partial charge in [-0.25, -0.2) is 8.78 Å². The van der Waals surface area contributed by atoms with Crippen molar-refractivity contribution in [1.29, 1.82) is 0 Å². The molecule has 1 N–H and O–H groups in total. The molecule has 0 aliphatic rings. The summed E-state index contributed by atoms with van der Waals surface area (Å²) in [6.07, 6.45) is 0.238. The molecule has 0 fully saturated rings. The van der Waals surface area contributed by atoms with Crippen LogP contribution in [0.25, 0.3) is 0 Å². The Kier molecular flexibility index (Phi) is 5.07. The van der Waals surface area contributed by atoms with Crippen molar-refractivity contribution in [3.63, 3.8) is 0 Å². The average molecular weight is 277 g/mol. The molecule has 4 heteroatoms. The van der Waals surface area contributed by atoms with Crippen LogP contribution < -0.4 is 10.1 Å². The molecule has 0 aromatic heterocycles. The molecule has 20 heavy (non-hydrogen) atoms. The molecule has 2 rings (SSSR count). The highest BCUT2D eigenvalue weighted by Crippen LogP contribution is 2.15. The van der Waals surface area contributed by atoms with Gasteiger partial charge in [-0.15, -0.1) is 0 Å². The Hall–Kier alpha value is -1.94. The van der Waals surface area contributed by atoms with E-state index in [1.807, 2.05) is 30.3 Å². The molecular formula is C16H17F2NO. The van der Waals surface area contributed by atoms with Crippen LogP contribution in [0.4, 0.5) is 8.78 Å². The van der Waals surface area contributed by atoms with Crippen LogP contribution >= 0.6 is 0 Å². The maximum absolute atomic E-state index is 13.6. The molecule has 0 heterocycles. The van der Waals surface area contributed by atoms with Crippen LogP contribution in [0, 0.1) is 11.6 Å². The van der Waals surface area contributed by atoms with Crippen LogP contribution in [0.15, 0.2) is 48.5 Å². The second kappa shape index (κ2) is 7.01. The fourth-order valence-corrected chi connectivity index (χ4v) is 1.93. The summed E-state index contributed by atoms with van der Waals surface area (Å²) in [5, 5.41) is 3.02. The fraction of sp³-hybridized carbons (Fsp3) is 0.250. The van der Waals surface area contributed by atoms with Gasteiger partial charge in [0.05, 0.1) is 0 Å². The first kappa shape index (κ1) is 14.5. The Morgan fingerprint density at radius 2 is 1.65 bits per heavy atom. The summed E-state index contributed by atoms with van der Waals surface area (Å²) >= 11 is 0. The lowest BCUT2D eigenvalue weighted by molar-refractivity contribution is 0.268. The maximum Gasteiger partial charge on any atom is 0.129 e. The Labute approximate surface area is 117 Å². The van der Waals surface area contributed by atoms with E-state index in [1.54, 1.807) is 7.05 Å². The van der Waals surface area contributed by atoms with E-state index >= 15 is 0 Å². The normalized spacial score (nSPS) is 12.2. The molecule has 1 unspecified atom stereocenters. The number of halogens is 2. The van der Waals surface area contributed by atoms with Crippen LogP contribution in [0.5, 0.6) is 5.75 Å². The maximum atomic E-state index is 13.6. The van der Waals surface area contributed by atoms with Gasteiger partial charge in [0, 0.05) is 11.6 Å². The van der Waals surface area contributed by atoms with Crippen molar-refractivity contribution in [2.24, 2.45) is 0 Å². The van der Waals surface area contributed by atoms with Crippen molar-refractivity contribution in [2.45, 2.75) is 12.5 Å². The van der Waals surface area contributed by atoms with Crippen LogP contribution in [0.1, 0.15) is 5.56 Å². The highest BCUT2D eigenvalue weighted by molar-refractivity contribution is 5.22. The lowest BCUT2D eigenvalue weighted by Gasteiger charge is -2.17. The molecule has 0 aliphatic heterocycles. The van der Waals surface area contributed by atoms with Crippen molar-refractivity contribution in [1.82, 2.24) is 5.32 Å². The minimum Gasteiger partial charge on any atom is -0.492 e. The van der Waals surface area contributed by atoms with E-state index < -0.39 is 11.6 Å². The Morgan fingerprint density at radius 1 is 1.00 bits per heavy atom. The topological polar surface area (TPSA) is 21.3 Å². The minimum atomic E-state index is -0.523. The summed E-state index contributed by atoms with van der Waals surface area (Å²) in [6, 6.07) is 13.1. The van der Waals surface area contributed by atoms with Crippen molar-refractivity contribution >= 4 is 0 Å². The van der Waals surface area contributed by atoms with E-state index in [4.69, 9.17) is 4.74 Å². The van der Waals surface area contributed by atoms with Crippen LogP contribution in [0.3, 0.4) is 0 Å². The number of hydrogen-bond donors (Lipinski definition) is 1. The molecule has 2 nitrogen and oxygen atoms in total. The van der Waals surface area contributed by atoms with Crippen molar-refractivity contribution in [2.75, 3.05) is 13.7 Å². The fourth-order valence-electron chi connectivity index (χ4n) is 1.93. The zero-order chi connectivity index (χ0) is 14.4. The highest BCUT2D eigenvalue weighted by Gasteiger charge is 2.15. The van der Waals surface area contributed by atoms with Gasteiger partial charge in [-0.1, -0.05) is 24.3 Å². The van der Waals surface area contributed by atoms with Crippen LogP contribution in [0.2, 0.25) is 0 Å². The first-order valence-electron chi connectivity index (χ1n) is 6.48. The Bertz CT molecular complexity index is 525. The number of ether oxygens (including phenoxy) is 1. The lowest BCUT2D eigenvalue weighted by atomic mass is 10.1. The van der Waals surface area contributed by atoms with Crippen LogP contribution in [-0.4, -0.2) is 19.7 Å². The molecule has 2 aromatic rings. The number of rotatable bonds is 6. The Balaban J connectivity index is 1.99. The molecule has 0 radical (unpaired) electrons. The van der Waals surface area contributed by atoms with Gasteiger partial charge in [-0.05, 0) is 37.7 Å². The van der Waals surface area contributed by atoms with Gasteiger partial charge < -0.3 is 10.1 Å². The summed E-state index contributed by atoms with van der Waals surface area (Å²) in [5.74, 6) is -0.309. The molecule has 0 aliphatic carbocycles. The smallest absolute Gasteiger partial charge is 0.129 e. The molecule has 0 bridgehead atoms. The predicted molar refractivity (Wildman–Crippen MR) is 74.8 cm³/mol. The zero-order valence-corrected chi connectivity index (χ0v) is 11.3. The van der Waals surface area contributed by atoms with Gasteiger partial charge in [-0.2, -0.15) is 0 Å². The Morgan fingerprint density at radius 3 is 2.25 bits per heavy atom. The van der Waals surface area contributed by atoms with Crippen molar-refractivity contribution in [3.05, 3.63) is 65.7 Å². The summed E-state index contributed by atoms with van der Waals surface area (Å²) in [4.78, 5) is 0. The number of para-hydroxylation sites is 1. The molecule has 0 spiro atoms. The SMILES string of the molecule is CNC(COc1ccccc1)Cc1c(F)cccc1F. The van der Waals surface area contributed by atoms with E-state index in [-0.39, 0.29) is 18.0 Å². The summed E-state index contributed by atoms with van der Waals surface area (Å²) in [7, 11) is 1.75. The van der Waals surface area contributed by atoms with Gasteiger partial charge in [0.2, 0.25) is 0 Å². The molecule has 0 amide bonds. The van der Waals surface area contributed by atoms with Crippen molar-refractivity contribution < 1.29 is 13.5 Å². The molecular weight excluding hydrogens is 260 g/mol. The first-order valence-corrected chi connectivity index (χ1v) is 6.48. The predicted octanol–water partition coefficient (Wildman–Crippen LogP) is 3.17. The number of benzene rings is 2. The molecule has 106 valence electrons. The van der Waals surface area contributed by atoms with E-state index in [1.165, 1.54) is 18.2 Å². The molecule has 0 saturated heterocycles. The summed E-state index contributed by atoms with van der Waals surface area (Å²) in [5.41, 5.74) is 0.0866. The molecule has 2 aromatic carbocycles. The molecule has 1 atom stereocenters. The third-order valence-corrected chi connectivity index (χ3v) is 3.11. The largest absolute Gasteiger partial charge is 0.492 e. The number of hydrogen-bond acceptors (Lipinski definition) is 2. The van der Waals surface area contributed by atoms with E-state index in [9.17, 15) is 8.78 Å². The van der Waals surface area contributed by atoms with Gasteiger partial charge in [-0.3, -0.25) is 0 Å². The third-order valence-electron chi connectivity index (χ3n) is 3.11. The zero-order valence-electron chi connectivity index (χ0n) is 11.3. The quantitative estimate of drug-likeness (QED) is 0.875. The van der Waals surface area contributed by atoms with Crippen LogP contribution in [-0.2, 0) is 6.42 Å². The third kappa shape index (κ3) is 3.78. The monoisotopic (exact) mass is 277 g/mol. The van der Waals surface area contributed by atoms with Gasteiger partial charge in [0.15, 0.2) is 0 Å². The average Bonchev–Trinajstić information content (AvgIpc) is 2.47. The molecule has 0 saturated carbocycles. The second-order valence-electron chi connectivity index (χ2n) is 4.51. The summed E-state index contributed by atoms with van der Waals surface area (Å²) in [6.45, 7) is 0.342. The van der Waals surface area contributed by atoms with Gasteiger partial charge in [0.25, 0.3) is 0 Å². The lowest BCUT2D eigenvalue weighted by Crippen LogP contribution is -2.34. The minimum absolute atomic E-state index is 0.0866. The van der Waals surface area contributed by atoms with Gasteiger partial charge in [0.1, 0.15) is 24.0 Å². The highest BCUT2D eigenvalue weighted by atomic mass is 19.1. The van der Waals surface area contributed by atoms with E-state index in [0.717, 1.165) is 5.75 Å². The first-order chi connectivity index (χ1) is 9.70. The summed E-state index contributed by atoms with van der Waals surface area (Å²) < 4.78 is 32.8. The number of likely N-dealkylation sites (N-methyl/N-ethyl adjacent to an activating group) is 1. The van der Waals surface area contributed by atoms with E-state index in [0.29, 0.717) is 6.61 Å². The van der Waals surface area contributed by atoms with Crippen molar-refractivity contribution in [3.8, 4) is 5.75 Å². The van der Waals surface area contributed by atoms with Gasteiger partial charge >= 0.3 is 0 Å².